The van der Waals surface area contributed by atoms with Crippen molar-refractivity contribution in [3.8, 4) is 0 Å². The molecular weight excluding hydrogens is 317 g/mol. The van der Waals surface area contributed by atoms with Crippen LogP contribution in [0.1, 0.15) is 17.3 Å². The lowest BCUT2D eigenvalue weighted by molar-refractivity contribution is -0.106. The van der Waals surface area contributed by atoms with Crippen LogP contribution >= 0.6 is 0 Å². The topological polar surface area (TPSA) is 77.4 Å². The molecule has 1 N–H and O–H groups in total. The smallest absolute Gasteiger partial charge is 0.343 e. The van der Waals surface area contributed by atoms with Gasteiger partial charge in [0.2, 0.25) is 5.43 Å². The number of fused-ring (bicyclic) bond motifs is 1. The Hall–Kier alpha value is -2.84. The molecule has 9 heteroatoms. The first-order valence-corrected chi connectivity index (χ1v) is 6.49. The summed E-state index contributed by atoms with van der Waals surface area (Å²) in [5, 5.41) is -0.564. The predicted molar refractivity (Wildman–Crippen MR) is 74.3 cm³/mol. The number of carbonyl (C=O) groups is 2. The number of benzene rings is 1. The first-order chi connectivity index (χ1) is 10.9. The Balaban J connectivity index is 2.85. The summed E-state index contributed by atoms with van der Waals surface area (Å²) in [5.74, 6) is -5.98. The van der Waals surface area contributed by atoms with Crippen molar-refractivity contribution in [1.29, 1.82) is 0 Å². The van der Waals surface area contributed by atoms with E-state index in [1.54, 1.807) is 0 Å². The van der Waals surface area contributed by atoms with Crippen molar-refractivity contribution in [3.63, 3.8) is 0 Å². The van der Waals surface area contributed by atoms with E-state index in [9.17, 15) is 27.6 Å². The van der Waals surface area contributed by atoms with E-state index in [2.05, 4.69) is 5.43 Å². The molecule has 2 rings (SSSR count). The molecule has 0 radical (unpaired) electrons. The summed E-state index contributed by atoms with van der Waals surface area (Å²) in [7, 11) is 0. The summed E-state index contributed by atoms with van der Waals surface area (Å²) in [6.07, 6.45) is 1.29. The number of rotatable bonds is 5. The van der Waals surface area contributed by atoms with Gasteiger partial charge in [-0.1, -0.05) is 0 Å². The summed E-state index contributed by atoms with van der Waals surface area (Å²) in [4.78, 5) is 34.4. The van der Waals surface area contributed by atoms with Crippen LogP contribution in [0.4, 0.5) is 13.2 Å². The molecule has 2 aromatic rings. The van der Waals surface area contributed by atoms with E-state index >= 15 is 0 Å². The molecule has 0 atom stereocenters. The quantitative estimate of drug-likeness (QED) is 0.509. The van der Waals surface area contributed by atoms with Gasteiger partial charge in [0.1, 0.15) is 17.4 Å². The fourth-order valence-electron chi connectivity index (χ4n) is 2.01. The molecule has 0 amide bonds. The Bertz CT molecular complexity index is 848. The molecule has 0 spiro atoms. The molecule has 0 saturated heterocycles. The minimum atomic E-state index is -1.78. The Morgan fingerprint density at radius 1 is 1.35 bits per heavy atom. The second-order valence-corrected chi connectivity index (χ2v) is 4.37. The lowest BCUT2D eigenvalue weighted by Crippen LogP contribution is -2.26. The van der Waals surface area contributed by atoms with Crippen LogP contribution in [0.2, 0.25) is 0 Å². The van der Waals surface area contributed by atoms with E-state index in [1.165, 1.54) is 6.92 Å². The van der Waals surface area contributed by atoms with Crippen molar-refractivity contribution in [1.82, 2.24) is 4.68 Å². The molecular formula is C14H11F3N2O4. The van der Waals surface area contributed by atoms with Gasteiger partial charge >= 0.3 is 5.97 Å². The predicted octanol–water partition coefficient (Wildman–Crippen LogP) is 1.34. The molecule has 0 bridgehead atoms. The van der Waals surface area contributed by atoms with Crippen LogP contribution in [0.3, 0.4) is 0 Å². The molecule has 23 heavy (non-hydrogen) atoms. The molecule has 122 valence electrons. The van der Waals surface area contributed by atoms with Gasteiger partial charge in [0, 0.05) is 6.20 Å². The third-order valence-electron chi connectivity index (χ3n) is 2.97. The second kappa shape index (κ2) is 6.51. The highest BCUT2D eigenvalue weighted by molar-refractivity contribution is 5.94. The number of ether oxygens (including phenoxy) is 1. The van der Waals surface area contributed by atoms with Crippen molar-refractivity contribution >= 4 is 23.2 Å². The zero-order valence-corrected chi connectivity index (χ0v) is 11.9. The van der Waals surface area contributed by atoms with Crippen LogP contribution in [0.15, 0.2) is 17.1 Å². The van der Waals surface area contributed by atoms with Gasteiger partial charge in [0.05, 0.1) is 18.5 Å². The molecule has 1 aromatic carbocycles. The van der Waals surface area contributed by atoms with E-state index in [0.717, 1.165) is 10.9 Å². The van der Waals surface area contributed by atoms with Crippen LogP contribution in [-0.4, -0.2) is 30.1 Å². The minimum Gasteiger partial charge on any atom is -0.462 e. The zero-order chi connectivity index (χ0) is 17.1. The summed E-state index contributed by atoms with van der Waals surface area (Å²) in [5.41, 5.74) is 0.216. The maximum Gasteiger partial charge on any atom is 0.343 e. The van der Waals surface area contributed by atoms with Crippen molar-refractivity contribution in [2.75, 3.05) is 18.6 Å². The molecule has 1 heterocycles. The largest absolute Gasteiger partial charge is 0.462 e. The van der Waals surface area contributed by atoms with Gasteiger partial charge in [-0.05, 0) is 13.0 Å². The Morgan fingerprint density at radius 2 is 2.04 bits per heavy atom. The number of carbonyl (C=O) groups excluding carboxylic acids is 2. The summed E-state index contributed by atoms with van der Waals surface area (Å²) < 4.78 is 46.3. The Kier molecular flexibility index (Phi) is 4.68. The normalized spacial score (nSPS) is 10.6. The summed E-state index contributed by atoms with van der Waals surface area (Å²) in [6.45, 7) is 1.17. The highest BCUT2D eigenvalue weighted by Gasteiger charge is 2.22. The lowest BCUT2D eigenvalue weighted by atomic mass is 10.1. The summed E-state index contributed by atoms with van der Waals surface area (Å²) >= 11 is 0. The maximum atomic E-state index is 14.0. The number of halogens is 3. The number of esters is 1. The lowest BCUT2D eigenvalue weighted by Gasteiger charge is -2.14. The first kappa shape index (κ1) is 16.5. The average molecular weight is 328 g/mol. The molecule has 0 fully saturated rings. The van der Waals surface area contributed by atoms with Crippen molar-refractivity contribution in [3.05, 3.63) is 45.5 Å². The van der Waals surface area contributed by atoms with Crippen LogP contribution in [-0.2, 0) is 9.53 Å². The monoisotopic (exact) mass is 328 g/mol. The Morgan fingerprint density at radius 3 is 2.65 bits per heavy atom. The van der Waals surface area contributed by atoms with Gasteiger partial charge in [0.25, 0.3) is 0 Å². The number of pyridine rings is 1. The average Bonchev–Trinajstić information content (AvgIpc) is 2.52. The molecule has 0 aliphatic heterocycles. The molecule has 1 aromatic heterocycles. The van der Waals surface area contributed by atoms with Gasteiger partial charge in [-0.15, -0.1) is 0 Å². The fraction of sp³-hybridized carbons (Fsp3) is 0.214. The molecule has 0 saturated carbocycles. The molecule has 0 aliphatic carbocycles. The highest BCUT2D eigenvalue weighted by Crippen LogP contribution is 2.21. The van der Waals surface area contributed by atoms with Gasteiger partial charge in [-0.25, -0.2) is 18.0 Å². The van der Waals surface area contributed by atoms with Crippen LogP contribution in [0.5, 0.6) is 0 Å². The van der Waals surface area contributed by atoms with E-state index in [1.807, 2.05) is 0 Å². The van der Waals surface area contributed by atoms with Crippen molar-refractivity contribution in [2.45, 2.75) is 6.92 Å². The van der Waals surface area contributed by atoms with Crippen LogP contribution < -0.4 is 10.9 Å². The number of nitrogens with zero attached hydrogens (tertiary/aromatic N) is 1. The van der Waals surface area contributed by atoms with E-state index in [0.29, 0.717) is 12.4 Å². The number of aldehydes is 1. The van der Waals surface area contributed by atoms with Gasteiger partial charge in [-0.2, -0.15) is 0 Å². The SMILES string of the molecule is CCOC(=O)c1cn(NCC=O)c2c(F)c(F)c(F)cc2c1=O. The number of hydrogen-bond acceptors (Lipinski definition) is 5. The molecule has 0 unspecified atom stereocenters. The van der Waals surface area contributed by atoms with Gasteiger partial charge < -0.3 is 15.0 Å². The van der Waals surface area contributed by atoms with Gasteiger partial charge in [0.15, 0.2) is 17.5 Å². The number of aromatic nitrogens is 1. The van der Waals surface area contributed by atoms with Crippen LogP contribution in [0.25, 0.3) is 10.9 Å². The van der Waals surface area contributed by atoms with Crippen molar-refractivity contribution in [2.24, 2.45) is 0 Å². The zero-order valence-electron chi connectivity index (χ0n) is 11.9. The standard InChI is InChI=1S/C14H11F3N2O4/c1-2-23-14(22)8-6-19(18-3-4-20)12-7(13(8)21)5-9(15)10(16)11(12)17/h4-6,18H,2-3H2,1H3. The fourth-order valence-corrected chi connectivity index (χ4v) is 2.01. The van der Waals surface area contributed by atoms with E-state index < -0.39 is 45.3 Å². The Labute approximate surface area is 127 Å². The van der Waals surface area contributed by atoms with Gasteiger partial charge in [-0.3, -0.25) is 9.47 Å². The third kappa shape index (κ3) is 2.89. The second-order valence-electron chi connectivity index (χ2n) is 4.37. The van der Waals surface area contributed by atoms with E-state index in [4.69, 9.17) is 4.74 Å². The number of nitrogens with one attached hydrogen (secondary N) is 1. The van der Waals surface area contributed by atoms with Crippen LogP contribution in [0, 0.1) is 17.5 Å². The molecule has 6 nitrogen and oxygen atoms in total. The summed E-state index contributed by atoms with van der Waals surface area (Å²) in [6, 6.07) is 0.484. The number of hydrogen-bond donors (Lipinski definition) is 1. The third-order valence-corrected chi connectivity index (χ3v) is 2.97. The van der Waals surface area contributed by atoms with E-state index in [-0.39, 0.29) is 13.2 Å². The highest BCUT2D eigenvalue weighted by atomic mass is 19.2. The molecule has 0 aliphatic rings. The minimum absolute atomic E-state index is 0.0236. The maximum absolute atomic E-state index is 14.0. The van der Waals surface area contributed by atoms with Crippen molar-refractivity contribution < 1.29 is 27.5 Å². The first-order valence-electron chi connectivity index (χ1n) is 6.49.